The molecule has 3 rings (SSSR count). The van der Waals surface area contributed by atoms with Crippen LogP contribution in [-0.4, -0.2) is 5.91 Å². The number of aryl methyl sites for hydroxylation is 1. The number of rotatable bonds is 2. The Bertz CT molecular complexity index is 839. The standard InChI is InChI=1S/C16H13FN2O2/c1-9-2-4-12(17)13(6-9)19-16(20)15-8-10-7-11(18)3-5-14(10)21-15/h2-8H,18H2,1H3,(H,19,20). The number of halogens is 1. The first-order valence-corrected chi connectivity index (χ1v) is 6.39. The first-order valence-electron chi connectivity index (χ1n) is 6.39. The van der Waals surface area contributed by atoms with E-state index in [4.69, 9.17) is 10.2 Å². The number of nitrogen functional groups attached to an aromatic ring is 1. The molecule has 21 heavy (non-hydrogen) atoms. The highest BCUT2D eigenvalue weighted by Gasteiger charge is 2.14. The molecule has 0 bridgehead atoms. The van der Waals surface area contributed by atoms with Crippen LogP contribution in [0.1, 0.15) is 16.1 Å². The van der Waals surface area contributed by atoms with Gasteiger partial charge in [-0.15, -0.1) is 0 Å². The van der Waals surface area contributed by atoms with Crippen LogP contribution in [0.2, 0.25) is 0 Å². The van der Waals surface area contributed by atoms with Crippen LogP contribution in [0.25, 0.3) is 11.0 Å². The van der Waals surface area contributed by atoms with Gasteiger partial charge in [0.2, 0.25) is 0 Å². The van der Waals surface area contributed by atoms with E-state index in [1.54, 1.807) is 36.4 Å². The van der Waals surface area contributed by atoms with Crippen LogP contribution < -0.4 is 11.1 Å². The van der Waals surface area contributed by atoms with E-state index < -0.39 is 11.7 Å². The summed E-state index contributed by atoms with van der Waals surface area (Å²) in [5, 5.41) is 3.23. The van der Waals surface area contributed by atoms with Crippen LogP contribution >= 0.6 is 0 Å². The summed E-state index contributed by atoms with van der Waals surface area (Å²) in [6.45, 7) is 1.82. The fraction of sp³-hybridized carbons (Fsp3) is 0.0625. The average Bonchev–Trinajstić information content (AvgIpc) is 2.86. The molecule has 0 aliphatic rings. The number of fused-ring (bicyclic) bond motifs is 1. The summed E-state index contributed by atoms with van der Waals surface area (Å²) in [6.07, 6.45) is 0. The molecule has 0 spiro atoms. The second kappa shape index (κ2) is 4.94. The molecule has 0 atom stereocenters. The van der Waals surface area contributed by atoms with Gasteiger partial charge in [-0.1, -0.05) is 6.07 Å². The Balaban J connectivity index is 1.91. The number of carbonyl (C=O) groups excluding carboxylic acids is 1. The number of nitrogens with one attached hydrogen (secondary N) is 1. The molecule has 0 radical (unpaired) electrons. The Morgan fingerprint density at radius 1 is 1.19 bits per heavy atom. The van der Waals surface area contributed by atoms with Crippen molar-refractivity contribution in [2.24, 2.45) is 0 Å². The van der Waals surface area contributed by atoms with Crippen LogP contribution in [0.15, 0.2) is 46.9 Å². The molecule has 5 heteroatoms. The van der Waals surface area contributed by atoms with E-state index in [0.29, 0.717) is 11.3 Å². The van der Waals surface area contributed by atoms with E-state index in [2.05, 4.69) is 5.32 Å². The monoisotopic (exact) mass is 284 g/mol. The largest absolute Gasteiger partial charge is 0.451 e. The lowest BCUT2D eigenvalue weighted by molar-refractivity contribution is 0.0998. The van der Waals surface area contributed by atoms with Gasteiger partial charge >= 0.3 is 0 Å². The minimum Gasteiger partial charge on any atom is -0.451 e. The number of nitrogens with two attached hydrogens (primary N) is 1. The number of furan rings is 1. The number of hydrogen-bond acceptors (Lipinski definition) is 3. The van der Waals surface area contributed by atoms with Gasteiger partial charge in [0.15, 0.2) is 5.76 Å². The minimum atomic E-state index is -0.505. The summed E-state index contributed by atoms with van der Waals surface area (Å²) in [6, 6.07) is 11.2. The first-order chi connectivity index (χ1) is 10.0. The van der Waals surface area contributed by atoms with Gasteiger partial charge in [-0.25, -0.2) is 4.39 Å². The first kappa shape index (κ1) is 13.2. The Morgan fingerprint density at radius 2 is 2.00 bits per heavy atom. The lowest BCUT2D eigenvalue weighted by Crippen LogP contribution is -2.12. The molecule has 3 N–H and O–H groups in total. The molecule has 0 fully saturated rings. The molecule has 1 heterocycles. The maximum atomic E-state index is 13.6. The molecular weight excluding hydrogens is 271 g/mol. The van der Waals surface area contributed by atoms with Gasteiger partial charge in [-0.05, 0) is 48.9 Å². The zero-order chi connectivity index (χ0) is 15.0. The summed E-state index contributed by atoms with van der Waals surface area (Å²) in [5.41, 5.74) is 7.79. The number of carbonyl (C=O) groups is 1. The van der Waals surface area contributed by atoms with Crippen molar-refractivity contribution >= 4 is 28.3 Å². The zero-order valence-corrected chi connectivity index (χ0v) is 11.3. The van der Waals surface area contributed by atoms with Crippen molar-refractivity contribution in [2.75, 3.05) is 11.1 Å². The number of benzene rings is 2. The predicted molar refractivity (Wildman–Crippen MR) is 79.7 cm³/mol. The van der Waals surface area contributed by atoms with E-state index in [1.807, 2.05) is 6.92 Å². The summed E-state index contributed by atoms with van der Waals surface area (Å²) in [7, 11) is 0. The quantitative estimate of drug-likeness (QED) is 0.705. The molecule has 0 saturated heterocycles. The Morgan fingerprint density at radius 3 is 2.81 bits per heavy atom. The average molecular weight is 284 g/mol. The summed E-state index contributed by atoms with van der Waals surface area (Å²) in [5.74, 6) is -0.889. The van der Waals surface area contributed by atoms with Crippen molar-refractivity contribution in [3.63, 3.8) is 0 Å². The lowest BCUT2D eigenvalue weighted by atomic mass is 10.2. The van der Waals surface area contributed by atoms with Crippen molar-refractivity contribution in [1.29, 1.82) is 0 Å². The van der Waals surface area contributed by atoms with Gasteiger partial charge in [-0.2, -0.15) is 0 Å². The second-order valence-corrected chi connectivity index (χ2v) is 4.85. The van der Waals surface area contributed by atoms with Crippen molar-refractivity contribution < 1.29 is 13.6 Å². The van der Waals surface area contributed by atoms with Crippen molar-refractivity contribution in [1.82, 2.24) is 0 Å². The van der Waals surface area contributed by atoms with Crippen molar-refractivity contribution in [2.45, 2.75) is 6.92 Å². The minimum absolute atomic E-state index is 0.108. The fourth-order valence-electron chi connectivity index (χ4n) is 2.09. The number of anilines is 2. The molecule has 2 aromatic carbocycles. The van der Waals surface area contributed by atoms with Crippen LogP contribution in [0, 0.1) is 12.7 Å². The van der Waals surface area contributed by atoms with E-state index in [0.717, 1.165) is 10.9 Å². The summed E-state index contributed by atoms with van der Waals surface area (Å²) >= 11 is 0. The van der Waals surface area contributed by atoms with E-state index in [1.165, 1.54) is 6.07 Å². The summed E-state index contributed by atoms with van der Waals surface area (Å²) < 4.78 is 19.1. The van der Waals surface area contributed by atoms with Crippen LogP contribution in [0.5, 0.6) is 0 Å². The molecule has 0 saturated carbocycles. The summed E-state index contributed by atoms with van der Waals surface area (Å²) in [4.78, 5) is 12.1. The lowest BCUT2D eigenvalue weighted by Gasteiger charge is -2.05. The van der Waals surface area contributed by atoms with E-state index >= 15 is 0 Å². The van der Waals surface area contributed by atoms with Crippen molar-refractivity contribution in [3.05, 3.63) is 59.6 Å². The molecule has 1 amide bonds. The molecule has 1 aromatic heterocycles. The third kappa shape index (κ3) is 2.58. The Hall–Kier alpha value is -2.82. The van der Waals surface area contributed by atoms with E-state index in [9.17, 15) is 9.18 Å². The molecule has 106 valence electrons. The van der Waals surface area contributed by atoms with Crippen LogP contribution in [0.3, 0.4) is 0 Å². The van der Waals surface area contributed by atoms with Gasteiger partial charge in [0.25, 0.3) is 5.91 Å². The third-order valence-corrected chi connectivity index (χ3v) is 3.13. The smallest absolute Gasteiger partial charge is 0.291 e. The van der Waals surface area contributed by atoms with Crippen LogP contribution in [0.4, 0.5) is 15.8 Å². The molecular formula is C16H13FN2O2. The van der Waals surface area contributed by atoms with Gasteiger partial charge in [0.05, 0.1) is 5.69 Å². The third-order valence-electron chi connectivity index (χ3n) is 3.13. The fourth-order valence-corrected chi connectivity index (χ4v) is 2.09. The van der Waals surface area contributed by atoms with E-state index in [-0.39, 0.29) is 11.4 Å². The highest BCUT2D eigenvalue weighted by Crippen LogP contribution is 2.23. The van der Waals surface area contributed by atoms with Crippen molar-refractivity contribution in [3.8, 4) is 0 Å². The normalized spacial score (nSPS) is 10.8. The van der Waals surface area contributed by atoms with Crippen LogP contribution in [-0.2, 0) is 0 Å². The molecule has 0 aliphatic heterocycles. The topological polar surface area (TPSA) is 68.3 Å². The van der Waals surface area contributed by atoms with Gasteiger partial charge < -0.3 is 15.5 Å². The van der Waals surface area contributed by atoms with Gasteiger partial charge in [-0.3, -0.25) is 4.79 Å². The maximum Gasteiger partial charge on any atom is 0.291 e. The maximum absolute atomic E-state index is 13.6. The molecule has 0 aliphatic carbocycles. The molecule has 0 unspecified atom stereocenters. The second-order valence-electron chi connectivity index (χ2n) is 4.85. The van der Waals surface area contributed by atoms with Gasteiger partial charge in [0.1, 0.15) is 11.4 Å². The van der Waals surface area contributed by atoms with Gasteiger partial charge in [0, 0.05) is 11.1 Å². The number of amides is 1. The highest BCUT2D eigenvalue weighted by atomic mass is 19.1. The molecule has 3 aromatic rings. The SMILES string of the molecule is Cc1ccc(F)c(NC(=O)c2cc3cc(N)ccc3o2)c1. The predicted octanol–water partition coefficient (Wildman–Crippen LogP) is 3.71. The zero-order valence-electron chi connectivity index (χ0n) is 11.3. The number of hydrogen-bond donors (Lipinski definition) is 2. The Labute approximate surface area is 120 Å². The Kier molecular flexibility index (Phi) is 3.10. The molecule has 4 nitrogen and oxygen atoms in total. The highest BCUT2D eigenvalue weighted by molar-refractivity contribution is 6.04.